The quantitative estimate of drug-likeness (QED) is 0.854. The molecule has 3 N–H and O–H groups in total. The second-order valence-corrected chi connectivity index (χ2v) is 5.04. The number of nitrogen functional groups attached to an aromatic ring is 1. The Morgan fingerprint density at radius 2 is 2.05 bits per heavy atom. The Balaban J connectivity index is 2.11. The summed E-state index contributed by atoms with van der Waals surface area (Å²) in [7, 11) is 0. The lowest BCUT2D eigenvalue weighted by Gasteiger charge is -2.10. The van der Waals surface area contributed by atoms with Crippen LogP contribution in [0.2, 0.25) is 15.1 Å². The number of benzene rings is 1. The van der Waals surface area contributed by atoms with Crippen LogP contribution in [-0.2, 0) is 11.3 Å². The number of aromatic nitrogens is 2. The first kappa shape index (κ1) is 14.0. The van der Waals surface area contributed by atoms with E-state index in [2.05, 4.69) is 10.4 Å². The maximum absolute atomic E-state index is 11.8. The molecule has 1 aromatic heterocycles. The van der Waals surface area contributed by atoms with Gasteiger partial charge in [-0.1, -0.05) is 34.8 Å². The van der Waals surface area contributed by atoms with Crippen molar-refractivity contribution in [3.8, 4) is 0 Å². The SMILES string of the molecule is Nc1cc(Cl)cc(Cl)c1NC(=O)Cn1cc(Cl)cn1. The van der Waals surface area contributed by atoms with Crippen LogP contribution in [0.1, 0.15) is 0 Å². The Labute approximate surface area is 124 Å². The normalized spacial score (nSPS) is 10.5. The van der Waals surface area contributed by atoms with Gasteiger partial charge in [0.05, 0.1) is 27.6 Å². The summed E-state index contributed by atoms with van der Waals surface area (Å²) in [6, 6.07) is 3.01. The van der Waals surface area contributed by atoms with Gasteiger partial charge in [0.1, 0.15) is 6.54 Å². The van der Waals surface area contributed by atoms with Crippen molar-refractivity contribution in [1.29, 1.82) is 0 Å². The number of hydrogen-bond donors (Lipinski definition) is 2. The smallest absolute Gasteiger partial charge is 0.246 e. The van der Waals surface area contributed by atoms with Crippen molar-refractivity contribution >= 4 is 52.1 Å². The minimum Gasteiger partial charge on any atom is -0.397 e. The zero-order valence-corrected chi connectivity index (χ0v) is 11.8. The third kappa shape index (κ3) is 3.53. The highest BCUT2D eigenvalue weighted by Gasteiger charge is 2.11. The van der Waals surface area contributed by atoms with Crippen LogP contribution in [0.3, 0.4) is 0 Å². The summed E-state index contributed by atoms with van der Waals surface area (Å²) in [5.74, 6) is -0.323. The molecule has 5 nitrogen and oxygen atoms in total. The van der Waals surface area contributed by atoms with Crippen LogP contribution in [0.25, 0.3) is 0 Å². The van der Waals surface area contributed by atoms with Crippen LogP contribution in [0.4, 0.5) is 11.4 Å². The van der Waals surface area contributed by atoms with Crippen LogP contribution in [0.15, 0.2) is 24.5 Å². The van der Waals surface area contributed by atoms with Crippen molar-refractivity contribution in [3.05, 3.63) is 39.6 Å². The average Bonchev–Trinajstić information content (AvgIpc) is 2.69. The predicted molar refractivity (Wildman–Crippen MR) is 76.7 cm³/mol. The van der Waals surface area contributed by atoms with Crippen LogP contribution in [-0.4, -0.2) is 15.7 Å². The van der Waals surface area contributed by atoms with Crippen molar-refractivity contribution in [2.45, 2.75) is 6.54 Å². The number of halogens is 3. The molecule has 0 saturated carbocycles. The summed E-state index contributed by atoms with van der Waals surface area (Å²) in [6.45, 7) is 0.00507. The third-order valence-electron chi connectivity index (χ3n) is 2.26. The molecule has 0 aliphatic rings. The highest BCUT2D eigenvalue weighted by atomic mass is 35.5. The maximum atomic E-state index is 11.8. The number of anilines is 2. The zero-order valence-electron chi connectivity index (χ0n) is 9.53. The van der Waals surface area contributed by atoms with Gasteiger partial charge in [-0.25, -0.2) is 0 Å². The van der Waals surface area contributed by atoms with Crippen LogP contribution >= 0.6 is 34.8 Å². The van der Waals surface area contributed by atoms with Crippen LogP contribution < -0.4 is 11.1 Å². The first-order valence-electron chi connectivity index (χ1n) is 5.18. The summed E-state index contributed by atoms with van der Waals surface area (Å²) in [4.78, 5) is 11.8. The Hall–Kier alpha value is -1.43. The average molecular weight is 320 g/mol. The van der Waals surface area contributed by atoms with E-state index < -0.39 is 0 Å². The zero-order chi connectivity index (χ0) is 14.0. The van der Waals surface area contributed by atoms with Gasteiger partial charge in [0.2, 0.25) is 5.91 Å². The summed E-state index contributed by atoms with van der Waals surface area (Å²) >= 11 is 17.4. The van der Waals surface area contributed by atoms with Crippen LogP contribution in [0, 0.1) is 0 Å². The largest absolute Gasteiger partial charge is 0.397 e. The topological polar surface area (TPSA) is 72.9 Å². The molecule has 1 amide bonds. The third-order valence-corrected chi connectivity index (χ3v) is 2.97. The minimum absolute atomic E-state index is 0.00507. The van der Waals surface area contributed by atoms with Crippen LogP contribution in [0.5, 0.6) is 0 Å². The molecular formula is C11H9Cl3N4O. The number of nitrogens with one attached hydrogen (secondary N) is 1. The molecule has 8 heteroatoms. The lowest BCUT2D eigenvalue weighted by molar-refractivity contribution is -0.116. The highest BCUT2D eigenvalue weighted by molar-refractivity contribution is 6.37. The molecule has 0 aliphatic heterocycles. The molecule has 1 heterocycles. The molecule has 2 rings (SSSR count). The van der Waals surface area contributed by atoms with E-state index in [4.69, 9.17) is 40.5 Å². The number of nitrogens with two attached hydrogens (primary N) is 1. The van der Waals surface area contributed by atoms with E-state index in [-0.39, 0.29) is 17.5 Å². The summed E-state index contributed by atoms with van der Waals surface area (Å²) < 4.78 is 1.40. The number of carbonyl (C=O) groups excluding carboxylic acids is 1. The maximum Gasteiger partial charge on any atom is 0.246 e. The van der Waals surface area contributed by atoms with E-state index in [9.17, 15) is 4.79 Å². The van der Waals surface area contributed by atoms with Crippen molar-refractivity contribution in [1.82, 2.24) is 9.78 Å². The molecule has 0 fully saturated rings. The van der Waals surface area contributed by atoms with E-state index in [1.165, 1.54) is 29.2 Å². The predicted octanol–water partition coefficient (Wildman–Crippen LogP) is 3.06. The lowest BCUT2D eigenvalue weighted by Crippen LogP contribution is -2.20. The van der Waals surface area contributed by atoms with E-state index in [1.54, 1.807) is 0 Å². The molecule has 0 radical (unpaired) electrons. The van der Waals surface area contributed by atoms with Crippen molar-refractivity contribution < 1.29 is 4.79 Å². The van der Waals surface area contributed by atoms with E-state index in [0.717, 1.165) is 0 Å². The fourth-order valence-electron chi connectivity index (χ4n) is 1.48. The van der Waals surface area contributed by atoms with Gasteiger partial charge in [-0.15, -0.1) is 0 Å². The van der Waals surface area contributed by atoms with Crippen molar-refractivity contribution in [2.75, 3.05) is 11.1 Å². The Morgan fingerprint density at radius 3 is 2.63 bits per heavy atom. The van der Waals surface area contributed by atoms with E-state index in [1.807, 2.05) is 0 Å². The van der Waals surface area contributed by atoms with E-state index >= 15 is 0 Å². The van der Waals surface area contributed by atoms with Gasteiger partial charge in [-0.3, -0.25) is 9.48 Å². The number of amides is 1. The van der Waals surface area contributed by atoms with Gasteiger partial charge in [0.15, 0.2) is 0 Å². The monoisotopic (exact) mass is 318 g/mol. The number of nitrogens with zero attached hydrogens (tertiary/aromatic N) is 2. The molecule has 0 atom stereocenters. The fraction of sp³-hybridized carbons (Fsp3) is 0.0909. The molecule has 0 bridgehead atoms. The minimum atomic E-state index is -0.323. The van der Waals surface area contributed by atoms with E-state index in [0.29, 0.717) is 21.4 Å². The van der Waals surface area contributed by atoms with Gasteiger partial charge in [0, 0.05) is 11.2 Å². The second kappa shape index (κ2) is 5.69. The van der Waals surface area contributed by atoms with Crippen molar-refractivity contribution in [3.63, 3.8) is 0 Å². The lowest BCUT2D eigenvalue weighted by atomic mass is 10.2. The standard InChI is InChI=1S/C11H9Cl3N4O/c12-6-1-8(14)11(9(15)2-6)17-10(19)5-18-4-7(13)3-16-18/h1-4H,5,15H2,(H,17,19). The molecule has 100 valence electrons. The molecule has 0 saturated heterocycles. The Bertz CT molecular complexity index is 603. The highest BCUT2D eigenvalue weighted by Crippen LogP contribution is 2.31. The molecule has 1 aromatic carbocycles. The van der Waals surface area contributed by atoms with Crippen molar-refractivity contribution in [2.24, 2.45) is 0 Å². The summed E-state index contributed by atoms with van der Waals surface area (Å²) in [5.41, 5.74) is 6.36. The Kier molecular flexibility index (Phi) is 4.19. The first-order valence-corrected chi connectivity index (χ1v) is 6.31. The van der Waals surface area contributed by atoms with Gasteiger partial charge >= 0.3 is 0 Å². The number of hydrogen-bond acceptors (Lipinski definition) is 3. The molecule has 0 unspecified atom stereocenters. The van der Waals surface area contributed by atoms with Gasteiger partial charge < -0.3 is 11.1 Å². The summed E-state index contributed by atoms with van der Waals surface area (Å²) in [5, 5.41) is 7.63. The van der Waals surface area contributed by atoms with Gasteiger partial charge in [-0.2, -0.15) is 5.10 Å². The fourth-order valence-corrected chi connectivity index (χ4v) is 2.19. The molecule has 19 heavy (non-hydrogen) atoms. The van der Waals surface area contributed by atoms with Gasteiger partial charge in [-0.05, 0) is 12.1 Å². The molecule has 2 aromatic rings. The molecule has 0 aliphatic carbocycles. The van der Waals surface area contributed by atoms with Gasteiger partial charge in [0.25, 0.3) is 0 Å². The number of rotatable bonds is 3. The molecule has 0 spiro atoms. The first-order chi connectivity index (χ1) is 8.95. The molecular weight excluding hydrogens is 311 g/mol. The number of carbonyl (C=O) groups is 1. The summed E-state index contributed by atoms with van der Waals surface area (Å²) in [6.07, 6.45) is 2.98. The second-order valence-electron chi connectivity index (χ2n) is 3.76. The Morgan fingerprint density at radius 1 is 1.32 bits per heavy atom.